The Kier molecular flexibility index (Phi) is 3.76. The van der Waals surface area contributed by atoms with E-state index < -0.39 is 0 Å². The van der Waals surface area contributed by atoms with Crippen LogP contribution < -0.4 is 5.32 Å². The molecule has 0 unspecified atom stereocenters. The van der Waals surface area contributed by atoms with Gasteiger partial charge in [0.25, 0.3) is 0 Å². The molecule has 1 aromatic carbocycles. The van der Waals surface area contributed by atoms with Crippen LogP contribution in [0.5, 0.6) is 0 Å². The quantitative estimate of drug-likeness (QED) is 0.858. The number of para-hydroxylation sites is 1. The van der Waals surface area contributed by atoms with Gasteiger partial charge in [0.05, 0.1) is 0 Å². The Morgan fingerprint density at radius 2 is 1.94 bits per heavy atom. The van der Waals surface area contributed by atoms with Crippen LogP contribution in [0.15, 0.2) is 34.7 Å². The van der Waals surface area contributed by atoms with Crippen molar-refractivity contribution in [2.45, 2.75) is 45.6 Å². The molecule has 2 rings (SSSR count). The molecule has 0 aliphatic heterocycles. The highest BCUT2D eigenvalue weighted by Gasteiger charge is 2.24. The summed E-state index contributed by atoms with van der Waals surface area (Å²) in [6.07, 6.45) is 1.07. The lowest BCUT2D eigenvalue weighted by Crippen LogP contribution is -2.29. The molecule has 0 saturated heterocycles. The summed E-state index contributed by atoms with van der Waals surface area (Å²) in [5.74, 6) is 1.08. The van der Waals surface area contributed by atoms with E-state index in [4.69, 9.17) is 4.42 Å². The molecule has 0 saturated carbocycles. The Morgan fingerprint density at radius 1 is 1.22 bits per heavy atom. The summed E-state index contributed by atoms with van der Waals surface area (Å²) in [5, 5.41) is 4.66. The normalized spacial score (nSPS) is 12.5. The summed E-state index contributed by atoms with van der Waals surface area (Å²) in [7, 11) is 0. The van der Waals surface area contributed by atoms with Gasteiger partial charge in [-0.15, -0.1) is 0 Å². The van der Waals surface area contributed by atoms with E-state index >= 15 is 0 Å². The smallest absolute Gasteiger partial charge is 0.134 e. The molecule has 2 nitrogen and oxygen atoms in total. The van der Waals surface area contributed by atoms with E-state index in [1.54, 1.807) is 0 Å². The lowest BCUT2D eigenvalue weighted by atomic mass is 9.86. The van der Waals surface area contributed by atoms with E-state index in [1.165, 1.54) is 5.39 Å². The monoisotopic (exact) mass is 245 g/mol. The maximum atomic E-state index is 5.96. The molecule has 0 aliphatic rings. The minimum atomic E-state index is 0.0703. The standard InChI is InChI=1S/C16H23NO/c1-12(2)17-10-9-16(3,4)15-11-13-7-5-6-8-14(13)18-15/h5-8,11-12,17H,9-10H2,1-4H3. The van der Waals surface area contributed by atoms with Crippen LogP contribution in [0.3, 0.4) is 0 Å². The summed E-state index contributed by atoms with van der Waals surface area (Å²) in [5.41, 5.74) is 1.05. The molecule has 0 radical (unpaired) electrons. The van der Waals surface area contributed by atoms with Crippen molar-refractivity contribution in [1.29, 1.82) is 0 Å². The summed E-state index contributed by atoms with van der Waals surface area (Å²) in [4.78, 5) is 0. The van der Waals surface area contributed by atoms with Crippen molar-refractivity contribution in [2.75, 3.05) is 6.54 Å². The second-order valence-electron chi connectivity index (χ2n) is 5.89. The third-order valence-corrected chi connectivity index (χ3v) is 3.40. The van der Waals surface area contributed by atoms with Gasteiger partial charge in [0, 0.05) is 16.8 Å². The summed E-state index contributed by atoms with van der Waals surface area (Å²) in [6.45, 7) is 9.85. The van der Waals surface area contributed by atoms with Gasteiger partial charge >= 0.3 is 0 Å². The fourth-order valence-electron chi connectivity index (χ4n) is 2.11. The number of rotatable bonds is 5. The van der Waals surface area contributed by atoms with Gasteiger partial charge in [-0.3, -0.25) is 0 Å². The second kappa shape index (κ2) is 5.15. The van der Waals surface area contributed by atoms with E-state index in [1.807, 2.05) is 12.1 Å². The van der Waals surface area contributed by atoms with Gasteiger partial charge in [-0.25, -0.2) is 0 Å². The predicted molar refractivity (Wildman–Crippen MR) is 77.0 cm³/mol. The predicted octanol–water partition coefficient (Wildman–Crippen LogP) is 4.10. The van der Waals surface area contributed by atoms with Crippen LogP contribution in [0, 0.1) is 0 Å². The lowest BCUT2D eigenvalue weighted by Gasteiger charge is -2.22. The Bertz CT molecular complexity index is 478. The maximum absolute atomic E-state index is 5.96. The second-order valence-corrected chi connectivity index (χ2v) is 5.89. The van der Waals surface area contributed by atoms with E-state index in [0.29, 0.717) is 6.04 Å². The van der Waals surface area contributed by atoms with Crippen LogP contribution in [0.1, 0.15) is 39.9 Å². The molecule has 0 bridgehead atoms. The number of fused-ring (bicyclic) bond motifs is 1. The SMILES string of the molecule is CC(C)NCCC(C)(C)c1cc2ccccc2o1. The molecule has 1 aromatic heterocycles. The fourth-order valence-corrected chi connectivity index (χ4v) is 2.11. The van der Waals surface area contributed by atoms with Crippen LogP contribution in [-0.4, -0.2) is 12.6 Å². The van der Waals surface area contributed by atoms with Crippen LogP contribution in [0.25, 0.3) is 11.0 Å². The molecule has 0 fully saturated rings. The van der Waals surface area contributed by atoms with Crippen molar-refractivity contribution in [3.05, 3.63) is 36.1 Å². The molecule has 0 aliphatic carbocycles. The van der Waals surface area contributed by atoms with Gasteiger partial charge in [-0.05, 0) is 25.1 Å². The van der Waals surface area contributed by atoms with Crippen molar-refractivity contribution >= 4 is 11.0 Å². The van der Waals surface area contributed by atoms with Crippen LogP contribution >= 0.6 is 0 Å². The van der Waals surface area contributed by atoms with Crippen molar-refractivity contribution in [1.82, 2.24) is 5.32 Å². The third kappa shape index (κ3) is 2.94. The van der Waals surface area contributed by atoms with Crippen LogP contribution in [0.2, 0.25) is 0 Å². The van der Waals surface area contributed by atoms with Gasteiger partial charge in [-0.2, -0.15) is 0 Å². The Hall–Kier alpha value is -1.28. The molecule has 0 spiro atoms. The lowest BCUT2D eigenvalue weighted by molar-refractivity contribution is 0.365. The average molecular weight is 245 g/mol. The van der Waals surface area contributed by atoms with Crippen molar-refractivity contribution in [3.63, 3.8) is 0 Å². The number of hydrogen-bond acceptors (Lipinski definition) is 2. The molecule has 1 N–H and O–H groups in total. The average Bonchev–Trinajstić information content (AvgIpc) is 2.72. The molecule has 0 amide bonds. The number of furan rings is 1. The minimum absolute atomic E-state index is 0.0703. The number of benzene rings is 1. The maximum Gasteiger partial charge on any atom is 0.134 e. The topological polar surface area (TPSA) is 25.2 Å². The molecule has 0 atom stereocenters. The summed E-state index contributed by atoms with van der Waals surface area (Å²) in [6, 6.07) is 10.9. The van der Waals surface area contributed by atoms with Gasteiger partial charge < -0.3 is 9.73 Å². The van der Waals surface area contributed by atoms with Gasteiger partial charge in [0.2, 0.25) is 0 Å². The first kappa shape index (κ1) is 13.2. The molecule has 98 valence electrons. The Balaban J connectivity index is 2.13. The molecular weight excluding hydrogens is 222 g/mol. The first-order valence-corrected chi connectivity index (χ1v) is 6.71. The minimum Gasteiger partial charge on any atom is -0.461 e. The fraction of sp³-hybridized carbons (Fsp3) is 0.500. The molecule has 1 heterocycles. The van der Waals surface area contributed by atoms with Crippen molar-refractivity contribution in [3.8, 4) is 0 Å². The Morgan fingerprint density at radius 3 is 2.61 bits per heavy atom. The highest BCUT2D eigenvalue weighted by molar-refractivity contribution is 5.77. The van der Waals surface area contributed by atoms with Crippen LogP contribution in [0.4, 0.5) is 0 Å². The highest BCUT2D eigenvalue weighted by Crippen LogP contribution is 2.31. The van der Waals surface area contributed by atoms with E-state index in [0.717, 1.165) is 24.3 Å². The summed E-state index contributed by atoms with van der Waals surface area (Å²) < 4.78 is 5.96. The van der Waals surface area contributed by atoms with E-state index in [9.17, 15) is 0 Å². The molecular formula is C16H23NO. The number of nitrogens with one attached hydrogen (secondary N) is 1. The largest absolute Gasteiger partial charge is 0.461 e. The van der Waals surface area contributed by atoms with Crippen molar-refractivity contribution < 1.29 is 4.42 Å². The van der Waals surface area contributed by atoms with E-state index in [2.05, 4.69) is 51.2 Å². The zero-order valence-electron chi connectivity index (χ0n) is 11.8. The van der Waals surface area contributed by atoms with Gasteiger partial charge in [0.15, 0.2) is 0 Å². The summed E-state index contributed by atoms with van der Waals surface area (Å²) >= 11 is 0. The zero-order valence-corrected chi connectivity index (χ0v) is 11.8. The molecule has 18 heavy (non-hydrogen) atoms. The van der Waals surface area contributed by atoms with E-state index in [-0.39, 0.29) is 5.41 Å². The molecule has 2 heteroatoms. The van der Waals surface area contributed by atoms with Crippen molar-refractivity contribution in [2.24, 2.45) is 0 Å². The zero-order chi connectivity index (χ0) is 13.2. The first-order valence-electron chi connectivity index (χ1n) is 6.71. The van der Waals surface area contributed by atoms with Crippen LogP contribution in [-0.2, 0) is 5.41 Å². The molecule has 2 aromatic rings. The highest BCUT2D eigenvalue weighted by atomic mass is 16.3. The Labute approximate surface area is 109 Å². The number of hydrogen-bond donors (Lipinski definition) is 1. The first-order chi connectivity index (χ1) is 8.49. The third-order valence-electron chi connectivity index (χ3n) is 3.40. The van der Waals surface area contributed by atoms with Gasteiger partial charge in [-0.1, -0.05) is 45.9 Å². The van der Waals surface area contributed by atoms with Gasteiger partial charge in [0.1, 0.15) is 11.3 Å².